The number of fused-ring (bicyclic) bond motifs is 3. The first kappa shape index (κ1) is 17.9. The molecule has 0 amide bonds. The highest BCUT2D eigenvalue weighted by atomic mass is 79.9. The molecule has 0 unspecified atom stereocenters. The molecule has 5 rings (SSSR count). The largest absolute Gasteiger partial charge is 0.0714 e. The molecule has 0 spiro atoms. The van der Waals surface area contributed by atoms with E-state index < -0.39 is 0 Å². The standard InChI is InChI=1S/C26H18Br2/c1-17-7-9-19(10-8-17)26(18-5-3-2-4-6-18)24-15-20(27)11-13-22(24)23-14-12-21(28)16-25(23)26/h2-16H,1H3. The molecule has 0 saturated carbocycles. The van der Waals surface area contributed by atoms with Crippen molar-refractivity contribution >= 4 is 31.9 Å². The number of rotatable bonds is 2. The van der Waals surface area contributed by atoms with E-state index >= 15 is 0 Å². The van der Waals surface area contributed by atoms with Gasteiger partial charge in [-0.1, -0.05) is 104 Å². The minimum absolute atomic E-state index is 0.340. The van der Waals surface area contributed by atoms with Crippen LogP contribution in [0.25, 0.3) is 11.1 Å². The van der Waals surface area contributed by atoms with Crippen molar-refractivity contribution in [1.29, 1.82) is 0 Å². The van der Waals surface area contributed by atoms with Gasteiger partial charge in [0.15, 0.2) is 0 Å². The average Bonchev–Trinajstić information content (AvgIpc) is 2.99. The van der Waals surface area contributed by atoms with E-state index in [1.54, 1.807) is 0 Å². The molecular formula is C26H18Br2. The molecule has 136 valence electrons. The summed E-state index contributed by atoms with van der Waals surface area (Å²) in [6.07, 6.45) is 0. The second-order valence-electron chi connectivity index (χ2n) is 7.36. The fraction of sp³-hybridized carbons (Fsp3) is 0.0769. The lowest BCUT2D eigenvalue weighted by atomic mass is 9.67. The van der Waals surface area contributed by atoms with Crippen LogP contribution < -0.4 is 0 Å². The second-order valence-corrected chi connectivity index (χ2v) is 9.19. The third kappa shape index (κ3) is 2.55. The van der Waals surface area contributed by atoms with Crippen LogP contribution >= 0.6 is 31.9 Å². The van der Waals surface area contributed by atoms with Gasteiger partial charge in [-0.2, -0.15) is 0 Å². The number of hydrogen-bond donors (Lipinski definition) is 0. The molecule has 0 fully saturated rings. The summed E-state index contributed by atoms with van der Waals surface area (Å²) in [6, 6.07) is 33.2. The zero-order chi connectivity index (χ0) is 19.3. The molecule has 0 aromatic heterocycles. The zero-order valence-electron chi connectivity index (χ0n) is 15.4. The fourth-order valence-electron chi connectivity index (χ4n) is 4.55. The van der Waals surface area contributed by atoms with Crippen LogP contribution in [-0.4, -0.2) is 0 Å². The Morgan fingerprint density at radius 1 is 0.571 bits per heavy atom. The predicted octanol–water partition coefficient (Wildman–Crippen LogP) is 7.88. The van der Waals surface area contributed by atoms with Crippen molar-refractivity contribution in [1.82, 2.24) is 0 Å². The summed E-state index contributed by atoms with van der Waals surface area (Å²) in [5.41, 5.74) is 8.76. The van der Waals surface area contributed by atoms with E-state index in [0.717, 1.165) is 8.95 Å². The van der Waals surface area contributed by atoms with Crippen molar-refractivity contribution in [2.24, 2.45) is 0 Å². The van der Waals surface area contributed by atoms with Gasteiger partial charge in [-0.15, -0.1) is 0 Å². The van der Waals surface area contributed by atoms with Crippen LogP contribution in [0.2, 0.25) is 0 Å². The van der Waals surface area contributed by atoms with Gasteiger partial charge < -0.3 is 0 Å². The highest BCUT2D eigenvalue weighted by Gasteiger charge is 2.46. The second kappa shape index (κ2) is 6.72. The zero-order valence-corrected chi connectivity index (χ0v) is 18.6. The highest BCUT2D eigenvalue weighted by molar-refractivity contribution is 9.10. The first-order valence-corrected chi connectivity index (χ1v) is 10.9. The van der Waals surface area contributed by atoms with Crippen molar-refractivity contribution < 1.29 is 0 Å². The third-order valence-electron chi connectivity index (χ3n) is 5.75. The lowest BCUT2D eigenvalue weighted by molar-refractivity contribution is 0.767. The van der Waals surface area contributed by atoms with Crippen molar-refractivity contribution in [3.8, 4) is 11.1 Å². The Balaban J connectivity index is 1.98. The fourth-order valence-corrected chi connectivity index (χ4v) is 5.27. The van der Waals surface area contributed by atoms with Crippen LogP contribution in [0.3, 0.4) is 0 Å². The average molecular weight is 490 g/mol. The van der Waals surface area contributed by atoms with Gasteiger partial charge in [-0.25, -0.2) is 0 Å². The van der Waals surface area contributed by atoms with Crippen LogP contribution in [0.1, 0.15) is 27.8 Å². The van der Waals surface area contributed by atoms with Gasteiger partial charge in [0.05, 0.1) is 5.41 Å². The maximum Gasteiger partial charge on any atom is 0.0714 e. The maximum absolute atomic E-state index is 3.72. The summed E-state index contributed by atoms with van der Waals surface area (Å²) < 4.78 is 2.20. The molecule has 0 nitrogen and oxygen atoms in total. The highest BCUT2D eigenvalue weighted by Crippen LogP contribution is 2.56. The number of hydrogen-bond acceptors (Lipinski definition) is 0. The van der Waals surface area contributed by atoms with Crippen LogP contribution in [0, 0.1) is 6.92 Å². The molecule has 0 aliphatic heterocycles. The van der Waals surface area contributed by atoms with Crippen molar-refractivity contribution in [2.45, 2.75) is 12.3 Å². The minimum atomic E-state index is -0.340. The molecule has 0 bridgehead atoms. The van der Waals surface area contributed by atoms with E-state index in [0.29, 0.717) is 0 Å². The molecule has 0 atom stereocenters. The molecule has 4 aromatic carbocycles. The Morgan fingerprint density at radius 2 is 1.07 bits per heavy atom. The van der Waals surface area contributed by atoms with E-state index in [-0.39, 0.29) is 5.41 Å². The minimum Gasteiger partial charge on any atom is -0.0622 e. The van der Waals surface area contributed by atoms with Crippen molar-refractivity contribution in [3.63, 3.8) is 0 Å². The Kier molecular flexibility index (Phi) is 4.30. The summed E-state index contributed by atoms with van der Waals surface area (Å²) in [7, 11) is 0. The van der Waals surface area contributed by atoms with E-state index in [1.807, 2.05) is 0 Å². The lowest BCUT2D eigenvalue weighted by Gasteiger charge is -2.34. The predicted molar refractivity (Wildman–Crippen MR) is 124 cm³/mol. The lowest BCUT2D eigenvalue weighted by Crippen LogP contribution is -2.28. The first-order chi connectivity index (χ1) is 13.6. The SMILES string of the molecule is Cc1ccc(C2(c3ccccc3)c3cc(Br)ccc3-c3ccc(Br)cc32)cc1. The molecule has 2 heteroatoms. The summed E-state index contributed by atoms with van der Waals surface area (Å²) in [4.78, 5) is 0. The summed E-state index contributed by atoms with van der Waals surface area (Å²) in [5, 5.41) is 0. The monoisotopic (exact) mass is 488 g/mol. The van der Waals surface area contributed by atoms with Gasteiger partial charge in [0.1, 0.15) is 0 Å². The van der Waals surface area contributed by atoms with Gasteiger partial charge in [-0.3, -0.25) is 0 Å². The van der Waals surface area contributed by atoms with Gasteiger partial charge >= 0.3 is 0 Å². The quantitative estimate of drug-likeness (QED) is 0.236. The summed E-state index contributed by atoms with van der Waals surface area (Å²) >= 11 is 7.45. The number of benzene rings is 4. The molecule has 0 saturated heterocycles. The van der Waals surface area contributed by atoms with Crippen LogP contribution in [0.4, 0.5) is 0 Å². The topological polar surface area (TPSA) is 0 Å². The van der Waals surface area contributed by atoms with Crippen LogP contribution in [0.15, 0.2) is 99.9 Å². The Hall–Kier alpha value is -2.16. The van der Waals surface area contributed by atoms with Crippen molar-refractivity contribution in [3.05, 3.63) is 128 Å². The van der Waals surface area contributed by atoms with E-state index in [4.69, 9.17) is 0 Å². The molecule has 28 heavy (non-hydrogen) atoms. The molecule has 0 N–H and O–H groups in total. The van der Waals surface area contributed by atoms with Gasteiger partial charge in [0.2, 0.25) is 0 Å². The molecular weight excluding hydrogens is 472 g/mol. The van der Waals surface area contributed by atoms with Gasteiger partial charge in [-0.05, 0) is 64.6 Å². The molecule has 0 radical (unpaired) electrons. The first-order valence-electron chi connectivity index (χ1n) is 9.34. The summed E-state index contributed by atoms with van der Waals surface area (Å²) in [5.74, 6) is 0. The third-order valence-corrected chi connectivity index (χ3v) is 6.74. The molecule has 4 aromatic rings. The molecule has 0 heterocycles. The van der Waals surface area contributed by atoms with Crippen LogP contribution in [0.5, 0.6) is 0 Å². The number of halogens is 2. The normalized spacial score (nSPS) is 13.8. The van der Waals surface area contributed by atoms with Gasteiger partial charge in [0.25, 0.3) is 0 Å². The van der Waals surface area contributed by atoms with Crippen molar-refractivity contribution in [2.75, 3.05) is 0 Å². The van der Waals surface area contributed by atoms with Gasteiger partial charge in [0, 0.05) is 8.95 Å². The Labute approximate surface area is 182 Å². The molecule has 1 aliphatic rings. The maximum atomic E-state index is 3.72. The Bertz CT molecular complexity index is 1120. The smallest absolute Gasteiger partial charge is 0.0622 e. The van der Waals surface area contributed by atoms with E-state index in [9.17, 15) is 0 Å². The summed E-state index contributed by atoms with van der Waals surface area (Å²) in [6.45, 7) is 2.14. The van der Waals surface area contributed by atoms with E-state index in [2.05, 4.69) is 130 Å². The Morgan fingerprint density at radius 3 is 1.61 bits per heavy atom. The number of aryl methyl sites for hydroxylation is 1. The molecule has 1 aliphatic carbocycles. The van der Waals surface area contributed by atoms with Crippen LogP contribution in [-0.2, 0) is 5.41 Å². The van der Waals surface area contributed by atoms with E-state index in [1.165, 1.54) is 38.9 Å².